The molecule has 0 spiro atoms. The number of carbonyl (C=O) groups is 1. The number of hydrogen-bond donors (Lipinski definition) is 1. The molecule has 1 aliphatic heterocycles. The van der Waals surface area contributed by atoms with Gasteiger partial charge in [0, 0.05) is 5.69 Å². The maximum Gasteiger partial charge on any atom is 0.228 e. The first kappa shape index (κ1) is 13.0. The average molecular weight is 288 g/mol. The van der Waals surface area contributed by atoms with Gasteiger partial charge in [-0.2, -0.15) is 0 Å². The molecule has 2 aromatic carbocycles. The molecule has 0 saturated heterocycles. The highest BCUT2D eigenvalue weighted by Crippen LogP contribution is 2.33. The van der Waals surface area contributed by atoms with E-state index in [0.29, 0.717) is 6.42 Å². The summed E-state index contributed by atoms with van der Waals surface area (Å²) in [6.07, 6.45) is 0.426. The molecule has 1 heterocycles. The van der Waals surface area contributed by atoms with E-state index in [1.807, 2.05) is 42.5 Å². The van der Waals surface area contributed by atoms with Crippen molar-refractivity contribution in [3.63, 3.8) is 0 Å². The summed E-state index contributed by atoms with van der Waals surface area (Å²) in [6.45, 7) is 0. The van der Waals surface area contributed by atoms with Crippen LogP contribution in [0.1, 0.15) is 22.1 Å². The summed E-state index contributed by atoms with van der Waals surface area (Å²) in [6, 6.07) is 13.5. The third-order valence-corrected chi connectivity index (χ3v) is 3.96. The number of anilines is 1. The van der Waals surface area contributed by atoms with Gasteiger partial charge in [0.05, 0.1) is 18.9 Å². The zero-order chi connectivity index (χ0) is 14.1. The molecule has 3 rings (SSSR count). The van der Waals surface area contributed by atoms with Crippen LogP contribution in [0.4, 0.5) is 5.69 Å². The summed E-state index contributed by atoms with van der Waals surface area (Å²) in [4.78, 5) is 11.4. The highest BCUT2D eigenvalue weighted by Gasteiger charge is 2.19. The molecule has 1 atom stereocenters. The first-order valence-corrected chi connectivity index (χ1v) is 6.82. The fourth-order valence-electron chi connectivity index (χ4n) is 2.37. The van der Waals surface area contributed by atoms with E-state index in [1.165, 1.54) is 0 Å². The Hall–Kier alpha value is -2.00. The number of carbonyl (C=O) groups excluding carboxylic acids is 1. The van der Waals surface area contributed by atoms with Gasteiger partial charge in [-0.15, -0.1) is 11.6 Å². The Morgan fingerprint density at radius 1 is 1.15 bits per heavy atom. The molecular weight excluding hydrogens is 274 g/mol. The Morgan fingerprint density at radius 3 is 2.55 bits per heavy atom. The molecule has 1 N–H and O–H groups in total. The van der Waals surface area contributed by atoms with Crippen LogP contribution < -0.4 is 10.1 Å². The normalized spacial score (nSPS) is 14.6. The lowest BCUT2D eigenvalue weighted by molar-refractivity contribution is -0.115. The van der Waals surface area contributed by atoms with Gasteiger partial charge in [-0.05, 0) is 34.9 Å². The van der Waals surface area contributed by atoms with Gasteiger partial charge in [-0.3, -0.25) is 4.79 Å². The SMILES string of the molecule is COc1ccc(C(Cl)c2ccc3c(c2)CC(=O)N3)cc1. The lowest BCUT2D eigenvalue weighted by atomic mass is 10.0. The first-order chi connectivity index (χ1) is 9.67. The van der Waals surface area contributed by atoms with Crippen LogP contribution in [0, 0.1) is 0 Å². The minimum Gasteiger partial charge on any atom is -0.497 e. The number of rotatable bonds is 3. The van der Waals surface area contributed by atoms with Crippen LogP contribution in [0.25, 0.3) is 0 Å². The molecule has 1 unspecified atom stereocenters. The summed E-state index contributed by atoms with van der Waals surface area (Å²) in [5.74, 6) is 0.842. The minimum absolute atomic E-state index is 0.0349. The molecule has 0 radical (unpaired) electrons. The second kappa shape index (κ2) is 5.17. The molecule has 0 saturated carbocycles. The Kier molecular flexibility index (Phi) is 3.36. The average Bonchev–Trinajstić information content (AvgIpc) is 2.85. The lowest BCUT2D eigenvalue weighted by Gasteiger charge is -2.12. The topological polar surface area (TPSA) is 38.3 Å². The van der Waals surface area contributed by atoms with Crippen molar-refractivity contribution in [1.82, 2.24) is 0 Å². The molecule has 4 heteroatoms. The summed E-state index contributed by atoms with van der Waals surface area (Å²) < 4.78 is 5.14. The number of benzene rings is 2. The molecule has 0 aliphatic carbocycles. The monoisotopic (exact) mass is 287 g/mol. The number of fused-ring (bicyclic) bond motifs is 1. The van der Waals surface area contributed by atoms with Crippen molar-refractivity contribution < 1.29 is 9.53 Å². The highest BCUT2D eigenvalue weighted by molar-refractivity contribution is 6.22. The number of ether oxygens (including phenoxy) is 1. The van der Waals surface area contributed by atoms with Crippen LogP contribution in [0.2, 0.25) is 0 Å². The van der Waals surface area contributed by atoms with Gasteiger partial charge in [-0.25, -0.2) is 0 Å². The van der Waals surface area contributed by atoms with Gasteiger partial charge in [0.1, 0.15) is 5.75 Å². The largest absolute Gasteiger partial charge is 0.497 e. The molecule has 0 fully saturated rings. The third-order valence-electron chi connectivity index (χ3n) is 3.46. The summed E-state index contributed by atoms with van der Waals surface area (Å²) in [5.41, 5.74) is 3.89. The summed E-state index contributed by atoms with van der Waals surface area (Å²) in [5, 5.41) is 2.59. The molecule has 0 aromatic heterocycles. The highest BCUT2D eigenvalue weighted by atomic mass is 35.5. The maximum absolute atomic E-state index is 11.4. The van der Waals surface area contributed by atoms with E-state index in [-0.39, 0.29) is 11.3 Å². The van der Waals surface area contributed by atoms with Crippen LogP contribution in [0.5, 0.6) is 5.75 Å². The van der Waals surface area contributed by atoms with Crippen molar-refractivity contribution in [2.24, 2.45) is 0 Å². The molecule has 1 aliphatic rings. The van der Waals surface area contributed by atoms with E-state index in [4.69, 9.17) is 16.3 Å². The number of amides is 1. The molecule has 20 heavy (non-hydrogen) atoms. The van der Waals surface area contributed by atoms with E-state index in [2.05, 4.69) is 5.32 Å². The van der Waals surface area contributed by atoms with E-state index < -0.39 is 0 Å². The lowest BCUT2D eigenvalue weighted by Crippen LogP contribution is -2.03. The van der Waals surface area contributed by atoms with Gasteiger partial charge in [-0.1, -0.05) is 24.3 Å². The van der Waals surface area contributed by atoms with E-state index in [0.717, 1.165) is 28.1 Å². The van der Waals surface area contributed by atoms with Gasteiger partial charge in [0.2, 0.25) is 5.91 Å². The summed E-state index contributed by atoms with van der Waals surface area (Å²) >= 11 is 6.52. The first-order valence-electron chi connectivity index (χ1n) is 6.38. The second-order valence-electron chi connectivity index (χ2n) is 4.78. The van der Waals surface area contributed by atoms with Crippen molar-refractivity contribution in [3.05, 3.63) is 59.2 Å². The third kappa shape index (κ3) is 2.37. The Bertz CT molecular complexity index is 652. The fourth-order valence-corrected chi connectivity index (χ4v) is 2.65. The second-order valence-corrected chi connectivity index (χ2v) is 5.21. The van der Waals surface area contributed by atoms with Crippen LogP contribution in [0.3, 0.4) is 0 Å². The van der Waals surface area contributed by atoms with Crippen LogP contribution in [-0.2, 0) is 11.2 Å². The van der Waals surface area contributed by atoms with Crippen molar-refractivity contribution in [2.75, 3.05) is 12.4 Å². The zero-order valence-electron chi connectivity index (χ0n) is 11.0. The van der Waals surface area contributed by atoms with Gasteiger partial charge >= 0.3 is 0 Å². The predicted molar refractivity (Wildman–Crippen MR) is 79.5 cm³/mol. The quantitative estimate of drug-likeness (QED) is 0.877. The van der Waals surface area contributed by atoms with Crippen molar-refractivity contribution in [3.8, 4) is 5.75 Å². The Labute approximate surface area is 122 Å². The zero-order valence-corrected chi connectivity index (χ0v) is 11.8. The number of alkyl halides is 1. The molecule has 102 valence electrons. The molecule has 0 bridgehead atoms. The molecular formula is C16H14ClNO2. The Balaban J connectivity index is 1.88. The standard InChI is InChI=1S/C16H14ClNO2/c1-20-13-5-2-10(3-6-13)16(17)11-4-7-14-12(8-11)9-15(19)18-14/h2-8,16H,9H2,1H3,(H,18,19). The van der Waals surface area contributed by atoms with Crippen LogP contribution >= 0.6 is 11.6 Å². The van der Waals surface area contributed by atoms with Gasteiger partial charge < -0.3 is 10.1 Å². The molecule has 2 aromatic rings. The number of halogens is 1. The van der Waals surface area contributed by atoms with Crippen LogP contribution in [-0.4, -0.2) is 13.0 Å². The number of methoxy groups -OCH3 is 1. The van der Waals surface area contributed by atoms with E-state index in [1.54, 1.807) is 7.11 Å². The molecule has 3 nitrogen and oxygen atoms in total. The van der Waals surface area contributed by atoms with Gasteiger partial charge in [0.25, 0.3) is 0 Å². The maximum atomic E-state index is 11.4. The van der Waals surface area contributed by atoms with Gasteiger partial charge in [0.15, 0.2) is 0 Å². The number of hydrogen-bond acceptors (Lipinski definition) is 2. The van der Waals surface area contributed by atoms with Crippen LogP contribution in [0.15, 0.2) is 42.5 Å². The summed E-state index contributed by atoms with van der Waals surface area (Å²) in [7, 11) is 1.64. The van der Waals surface area contributed by atoms with Crippen molar-refractivity contribution >= 4 is 23.2 Å². The van der Waals surface area contributed by atoms with E-state index >= 15 is 0 Å². The predicted octanol–water partition coefficient (Wildman–Crippen LogP) is 3.52. The minimum atomic E-state index is -0.234. The fraction of sp³-hybridized carbons (Fsp3) is 0.188. The Morgan fingerprint density at radius 2 is 1.85 bits per heavy atom. The van der Waals surface area contributed by atoms with E-state index in [9.17, 15) is 4.79 Å². The molecule has 1 amide bonds. The van der Waals surface area contributed by atoms with Crippen molar-refractivity contribution in [1.29, 1.82) is 0 Å². The van der Waals surface area contributed by atoms with Crippen molar-refractivity contribution in [2.45, 2.75) is 11.8 Å². The number of nitrogens with one attached hydrogen (secondary N) is 1. The smallest absolute Gasteiger partial charge is 0.228 e.